The van der Waals surface area contributed by atoms with Crippen molar-refractivity contribution in [3.05, 3.63) is 71.8 Å². The van der Waals surface area contributed by atoms with Crippen molar-refractivity contribution >= 4 is 28.5 Å². The van der Waals surface area contributed by atoms with Crippen molar-refractivity contribution in [2.75, 3.05) is 11.9 Å². The molecule has 0 aromatic heterocycles. The maximum Gasteiger partial charge on any atom is 0.250 e. The molecule has 172 valence electrons. The normalized spacial score (nSPS) is 20.6. The van der Waals surface area contributed by atoms with Crippen LogP contribution < -0.4 is 5.32 Å². The molecule has 1 aliphatic carbocycles. The lowest BCUT2D eigenvalue weighted by Crippen LogP contribution is -2.51. The van der Waals surface area contributed by atoms with E-state index in [1.165, 1.54) is 5.56 Å². The van der Waals surface area contributed by atoms with E-state index in [1.807, 2.05) is 19.1 Å². The molecule has 0 bridgehead atoms. The molecular weight excluding hydrogens is 416 g/mol. The number of aliphatic imine (C=N–C) groups is 1. The van der Waals surface area contributed by atoms with Crippen LogP contribution in [0.15, 0.2) is 54.5 Å². The lowest BCUT2D eigenvalue weighted by atomic mass is 9.64. The van der Waals surface area contributed by atoms with Gasteiger partial charge in [-0.2, -0.15) is 0 Å². The van der Waals surface area contributed by atoms with E-state index in [-0.39, 0.29) is 18.9 Å². The summed E-state index contributed by atoms with van der Waals surface area (Å²) in [4.78, 5) is 7.16. The number of fused-ring (bicyclic) bond motifs is 3. The summed E-state index contributed by atoms with van der Waals surface area (Å²) in [6, 6.07) is 12.5. The Bertz CT molecular complexity index is 1190. The SMILES string of the molecule is C=C(C)c1ccccc1NC(C)c1cc(CC)cc2c1N=C1N(CCC13CC(F)(F)C3)C2=C. The monoisotopic (exact) mass is 447 g/mol. The van der Waals surface area contributed by atoms with Gasteiger partial charge in [-0.15, -0.1) is 0 Å². The summed E-state index contributed by atoms with van der Waals surface area (Å²) in [5, 5.41) is 3.65. The molecular formula is C28H31F2N3. The number of para-hydroxylation sites is 1. The molecule has 1 atom stereocenters. The Hall–Kier alpha value is -2.95. The molecule has 1 unspecified atom stereocenters. The Labute approximate surface area is 194 Å². The second-order valence-electron chi connectivity index (χ2n) is 9.90. The van der Waals surface area contributed by atoms with Gasteiger partial charge in [0.1, 0.15) is 5.84 Å². The van der Waals surface area contributed by atoms with E-state index in [0.717, 1.165) is 51.6 Å². The minimum Gasteiger partial charge on any atom is -0.378 e. The van der Waals surface area contributed by atoms with Gasteiger partial charge in [0, 0.05) is 47.3 Å². The van der Waals surface area contributed by atoms with Crippen LogP contribution in [0.4, 0.5) is 20.2 Å². The van der Waals surface area contributed by atoms with Crippen LogP contribution in [-0.4, -0.2) is 23.2 Å². The Morgan fingerprint density at radius 1 is 1.24 bits per heavy atom. The van der Waals surface area contributed by atoms with Crippen molar-refractivity contribution in [1.82, 2.24) is 4.90 Å². The van der Waals surface area contributed by atoms with Crippen LogP contribution in [-0.2, 0) is 6.42 Å². The third-order valence-electron chi connectivity index (χ3n) is 7.43. The summed E-state index contributed by atoms with van der Waals surface area (Å²) in [6.45, 7) is 15.5. The van der Waals surface area contributed by atoms with Gasteiger partial charge in [-0.05, 0) is 55.5 Å². The van der Waals surface area contributed by atoms with Crippen molar-refractivity contribution in [2.45, 2.75) is 58.4 Å². The van der Waals surface area contributed by atoms with E-state index >= 15 is 0 Å². The van der Waals surface area contributed by atoms with Crippen molar-refractivity contribution in [2.24, 2.45) is 10.4 Å². The van der Waals surface area contributed by atoms with Gasteiger partial charge in [0.2, 0.25) is 5.92 Å². The molecule has 5 rings (SSSR count). The molecule has 0 radical (unpaired) electrons. The first-order chi connectivity index (χ1) is 15.6. The second-order valence-corrected chi connectivity index (χ2v) is 9.90. The number of halogens is 2. The molecule has 3 aliphatic rings. The maximum absolute atomic E-state index is 13.9. The van der Waals surface area contributed by atoms with Crippen molar-refractivity contribution < 1.29 is 8.78 Å². The first-order valence-electron chi connectivity index (χ1n) is 11.8. The lowest BCUT2D eigenvalue weighted by molar-refractivity contribution is -0.131. The standard InChI is InChI=1S/C28H31F2N3/c1-6-20-13-22(18(4)31-24-10-8-7-9-21(24)17(2)3)25-23(14-20)19(5)33-12-11-27(26(33)32-25)15-28(29,30)16-27/h7-10,13-14,18,31H,2,5-6,11-12,15-16H2,1,3-4H3. The van der Waals surface area contributed by atoms with Crippen molar-refractivity contribution in [3.63, 3.8) is 0 Å². The van der Waals surface area contributed by atoms with Crippen LogP contribution in [0.1, 0.15) is 68.3 Å². The molecule has 5 heteroatoms. The highest BCUT2D eigenvalue weighted by Crippen LogP contribution is 2.60. The number of hydrogen-bond donors (Lipinski definition) is 1. The number of anilines is 1. The summed E-state index contributed by atoms with van der Waals surface area (Å²) in [5.41, 5.74) is 7.63. The van der Waals surface area contributed by atoms with E-state index < -0.39 is 11.3 Å². The summed E-state index contributed by atoms with van der Waals surface area (Å²) in [5.74, 6) is -1.80. The number of aryl methyl sites for hydroxylation is 1. The second kappa shape index (κ2) is 7.54. The number of amidine groups is 1. The molecule has 2 heterocycles. The molecule has 2 aromatic rings. The van der Waals surface area contributed by atoms with Crippen LogP contribution in [0.2, 0.25) is 0 Å². The van der Waals surface area contributed by atoms with Gasteiger partial charge in [0.05, 0.1) is 11.7 Å². The largest absolute Gasteiger partial charge is 0.378 e. The zero-order valence-electron chi connectivity index (χ0n) is 19.6. The summed E-state index contributed by atoms with van der Waals surface area (Å²) in [7, 11) is 0. The highest BCUT2D eigenvalue weighted by Gasteiger charge is 2.63. The topological polar surface area (TPSA) is 27.6 Å². The van der Waals surface area contributed by atoms with Crippen molar-refractivity contribution in [3.8, 4) is 0 Å². The fourth-order valence-corrected chi connectivity index (χ4v) is 5.69. The smallest absolute Gasteiger partial charge is 0.250 e. The fraction of sp³-hybridized carbons (Fsp3) is 0.393. The van der Waals surface area contributed by atoms with Crippen LogP contribution in [0.3, 0.4) is 0 Å². The summed E-state index contributed by atoms with van der Waals surface area (Å²) < 4.78 is 27.9. The van der Waals surface area contributed by atoms with Crippen LogP contribution >= 0.6 is 0 Å². The minimum absolute atomic E-state index is 0.0327. The number of allylic oxidation sites excluding steroid dienone is 1. The van der Waals surface area contributed by atoms with E-state index in [4.69, 9.17) is 4.99 Å². The third kappa shape index (κ3) is 3.49. The van der Waals surface area contributed by atoms with Gasteiger partial charge in [-0.3, -0.25) is 0 Å². The molecule has 1 spiro atoms. The summed E-state index contributed by atoms with van der Waals surface area (Å²) >= 11 is 0. The van der Waals surface area contributed by atoms with E-state index in [2.05, 4.69) is 61.5 Å². The van der Waals surface area contributed by atoms with E-state index in [9.17, 15) is 8.78 Å². The quantitative estimate of drug-likeness (QED) is 0.511. The highest BCUT2D eigenvalue weighted by molar-refractivity contribution is 6.03. The predicted octanol–water partition coefficient (Wildman–Crippen LogP) is 7.59. The molecule has 0 amide bonds. The molecule has 2 aliphatic heterocycles. The Morgan fingerprint density at radius 2 is 1.97 bits per heavy atom. The number of nitrogens with zero attached hydrogens (tertiary/aromatic N) is 2. The predicted molar refractivity (Wildman–Crippen MR) is 133 cm³/mol. The van der Waals surface area contributed by atoms with Gasteiger partial charge in [-0.25, -0.2) is 13.8 Å². The van der Waals surface area contributed by atoms with Gasteiger partial charge in [0.15, 0.2) is 0 Å². The lowest BCUT2D eigenvalue weighted by Gasteiger charge is -2.46. The minimum atomic E-state index is -2.59. The first kappa shape index (κ1) is 21.9. The zero-order valence-corrected chi connectivity index (χ0v) is 19.6. The molecule has 3 nitrogen and oxygen atoms in total. The first-order valence-corrected chi connectivity index (χ1v) is 11.8. The van der Waals surface area contributed by atoms with E-state index in [1.54, 1.807) is 0 Å². The van der Waals surface area contributed by atoms with Gasteiger partial charge in [0.25, 0.3) is 0 Å². The number of benzene rings is 2. The molecule has 2 aromatic carbocycles. The number of alkyl halides is 2. The maximum atomic E-state index is 13.9. The third-order valence-corrected chi connectivity index (χ3v) is 7.43. The Morgan fingerprint density at radius 3 is 2.64 bits per heavy atom. The van der Waals surface area contributed by atoms with Crippen molar-refractivity contribution in [1.29, 1.82) is 0 Å². The molecule has 2 fully saturated rings. The van der Waals surface area contributed by atoms with Gasteiger partial charge < -0.3 is 10.2 Å². The number of hydrogen-bond acceptors (Lipinski definition) is 3. The van der Waals surface area contributed by atoms with Gasteiger partial charge >= 0.3 is 0 Å². The zero-order chi connectivity index (χ0) is 23.5. The molecule has 1 saturated carbocycles. The van der Waals surface area contributed by atoms with Crippen LogP contribution in [0.25, 0.3) is 11.3 Å². The highest BCUT2D eigenvalue weighted by atomic mass is 19.3. The average molecular weight is 448 g/mol. The molecule has 33 heavy (non-hydrogen) atoms. The number of nitrogens with one attached hydrogen (secondary N) is 1. The van der Waals surface area contributed by atoms with Gasteiger partial charge in [-0.1, -0.05) is 44.3 Å². The van der Waals surface area contributed by atoms with Crippen LogP contribution in [0, 0.1) is 5.41 Å². The Balaban J connectivity index is 1.59. The fourth-order valence-electron chi connectivity index (χ4n) is 5.69. The molecule has 1 saturated heterocycles. The van der Waals surface area contributed by atoms with E-state index in [0.29, 0.717) is 13.0 Å². The Kier molecular flexibility index (Phi) is 5.00. The summed E-state index contributed by atoms with van der Waals surface area (Å²) in [6.07, 6.45) is 1.39. The average Bonchev–Trinajstić information content (AvgIpc) is 3.11. The molecule has 1 N–H and O–H groups in total. The van der Waals surface area contributed by atoms with Crippen LogP contribution in [0.5, 0.6) is 0 Å². The number of rotatable bonds is 5.